The Morgan fingerprint density at radius 2 is 2.00 bits per heavy atom. The SMILES string of the molecule is CCC1(NS(=O)(=O)c2cc(Cl)cc(CNC)c2C)CCC1. The molecule has 0 aromatic heterocycles. The van der Waals surface area contributed by atoms with Crippen LogP contribution in [0.4, 0.5) is 0 Å². The first kappa shape index (κ1) is 16.7. The number of rotatable bonds is 6. The monoisotopic (exact) mass is 330 g/mol. The summed E-state index contributed by atoms with van der Waals surface area (Å²) in [6, 6.07) is 3.35. The average molecular weight is 331 g/mol. The van der Waals surface area contributed by atoms with E-state index in [1.807, 2.05) is 27.0 Å². The molecule has 118 valence electrons. The van der Waals surface area contributed by atoms with Crippen LogP contribution in [0.3, 0.4) is 0 Å². The standard InChI is InChI=1S/C15H23ClN2O2S/c1-4-15(6-5-7-15)18-21(19,20)14-9-13(16)8-12(10-17-3)11(14)2/h8-9,17-18H,4-7,10H2,1-3H3. The van der Waals surface area contributed by atoms with E-state index in [2.05, 4.69) is 10.0 Å². The van der Waals surface area contributed by atoms with Crippen LogP contribution in [-0.4, -0.2) is 21.0 Å². The molecule has 1 aliphatic rings. The number of nitrogens with one attached hydrogen (secondary N) is 2. The van der Waals surface area contributed by atoms with Gasteiger partial charge in [-0.15, -0.1) is 0 Å². The van der Waals surface area contributed by atoms with Crippen molar-refractivity contribution in [3.8, 4) is 0 Å². The van der Waals surface area contributed by atoms with Gasteiger partial charge in [-0.25, -0.2) is 13.1 Å². The van der Waals surface area contributed by atoms with Gasteiger partial charge in [0.15, 0.2) is 0 Å². The molecule has 0 atom stereocenters. The van der Waals surface area contributed by atoms with E-state index < -0.39 is 10.0 Å². The minimum Gasteiger partial charge on any atom is -0.316 e. The lowest BCUT2D eigenvalue weighted by molar-refractivity contribution is 0.214. The van der Waals surface area contributed by atoms with Crippen molar-refractivity contribution >= 4 is 21.6 Å². The maximum atomic E-state index is 12.7. The van der Waals surface area contributed by atoms with E-state index in [1.54, 1.807) is 6.07 Å². The van der Waals surface area contributed by atoms with Gasteiger partial charge in [-0.05, 0) is 62.9 Å². The highest BCUT2D eigenvalue weighted by Gasteiger charge is 2.39. The Kier molecular flexibility index (Phi) is 4.98. The van der Waals surface area contributed by atoms with Gasteiger partial charge in [0, 0.05) is 17.1 Å². The molecule has 1 aromatic carbocycles. The Morgan fingerprint density at radius 1 is 1.33 bits per heavy atom. The van der Waals surface area contributed by atoms with Crippen molar-refractivity contribution < 1.29 is 8.42 Å². The van der Waals surface area contributed by atoms with Crippen LogP contribution in [0, 0.1) is 6.92 Å². The van der Waals surface area contributed by atoms with Crippen LogP contribution in [0.2, 0.25) is 5.02 Å². The summed E-state index contributed by atoms with van der Waals surface area (Å²) in [6.45, 7) is 4.45. The van der Waals surface area contributed by atoms with Gasteiger partial charge in [-0.1, -0.05) is 18.5 Å². The predicted molar refractivity (Wildman–Crippen MR) is 86.1 cm³/mol. The van der Waals surface area contributed by atoms with E-state index in [1.165, 1.54) is 0 Å². The van der Waals surface area contributed by atoms with Gasteiger partial charge >= 0.3 is 0 Å². The molecule has 21 heavy (non-hydrogen) atoms. The molecule has 2 N–H and O–H groups in total. The molecule has 0 unspecified atom stereocenters. The fourth-order valence-electron chi connectivity index (χ4n) is 2.83. The molecule has 0 radical (unpaired) electrons. The summed E-state index contributed by atoms with van der Waals surface area (Å²) in [5.41, 5.74) is 1.40. The second kappa shape index (κ2) is 6.24. The fraction of sp³-hybridized carbons (Fsp3) is 0.600. The zero-order chi connectivity index (χ0) is 15.7. The fourth-order valence-corrected chi connectivity index (χ4v) is 4.98. The maximum Gasteiger partial charge on any atom is 0.241 e. The number of halogens is 1. The summed E-state index contributed by atoms with van der Waals surface area (Å²) in [6.07, 6.45) is 3.71. The molecule has 0 aliphatic heterocycles. The van der Waals surface area contributed by atoms with Gasteiger partial charge in [0.25, 0.3) is 0 Å². The molecule has 4 nitrogen and oxygen atoms in total. The summed E-state index contributed by atoms with van der Waals surface area (Å²) in [5, 5.41) is 3.49. The van der Waals surface area contributed by atoms with E-state index in [0.29, 0.717) is 16.5 Å². The Hall–Kier alpha value is -0.620. The zero-order valence-electron chi connectivity index (χ0n) is 12.8. The number of benzene rings is 1. The topological polar surface area (TPSA) is 58.2 Å². The summed E-state index contributed by atoms with van der Waals surface area (Å²) < 4.78 is 28.4. The second-order valence-corrected chi connectivity index (χ2v) is 7.90. The van der Waals surface area contributed by atoms with Crippen molar-refractivity contribution in [2.24, 2.45) is 0 Å². The van der Waals surface area contributed by atoms with E-state index in [4.69, 9.17) is 11.6 Å². The zero-order valence-corrected chi connectivity index (χ0v) is 14.4. The summed E-state index contributed by atoms with van der Waals surface area (Å²) in [7, 11) is -1.72. The molecule has 6 heteroatoms. The van der Waals surface area contributed by atoms with Crippen molar-refractivity contribution in [2.75, 3.05) is 7.05 Å². The highest BCUT2D eigenvalue weighted by Crippen LogP contribution is 2.36. The smallest absolute Gasteiger partial charge is 0.241 e. The van der Waals surface area contributed by atoms with E-state index in [0.717, 1.165) is 36.8 Å². The predicted octanol–water partition coefficient (Wildman–Crippen LogP) is 2.98. The molecule has 0 spiro atoms. The molecule has 0 bridgehead atoms. The first-order valence-corrected chi connectivity index (χ1v) is 9.17. The molecule has 0 heterocycles. The van der Waals surface area contributed by atoms with Crippen molar-refractivity contribution in [3.05, 3.63) is 28.3 Å². The highest BCUT2D eigenvalue weighted by atomic mass is 35.5. The molecular formula is C15H23ClN2O2S. The van der Waals surface area contributed by atoms with E-state index >= 15 is 0 Å². The van der Waals surface area contributed by atoms with Crippen molar-refractivity contribution in [2.45, 2.75) is 56.5 Å². The molecule has 0 amide bonds. The number of hydrogen-bond donors (Lipinski definition) is 2. The molecule has 1 fully saturated rings. The largest absolute Gasteiger partial charge is 0.316 e. The van der Waals surface area contributed by atoms with Crippen LogP contribution in [0.25, 0.3) is 0 Å². The van der Waals surface area contributed by atoms with Gasteiger partial charge in [0.2, 0.25) is 10.0 Å². The highest BCUT2D eigenvalue weighted by molar-refractivity contribution is 7.89. The summed E-state index contributed by atoms with van der Waals surface area (Å²) >= 11 is 6.10. The van der Waals surface area contributed by atoms with E-state index in [-0.39, 0.29) is 5.54 Å². The minimum absolute atomic E-state index is 0.267. The van der Waals surface area contributed by atoms with Crippen LogP contribution in [-0.2, 0) is 16.6 Å². The molecule has 1 aromatic rings. The average Bonchev–Trinajstić information content (AvgIpc) is 2.38. The minimum atomic E-state index is -3.55. The Bertz CT molecular complexity index is 619. The van der Waals surface area contributed by atoms with Crippen molar-refractivity contribution in [1.29, 1.82) is 0 Å². The lowest BCUT2D eigenvalue weighted by Gasteiger charge is -2.41. The summed E-state index contributed by atoms with van der Waals surface area (Å²) in [5.74, 6) is 0. The van der Waals surface area contributed by atoms with Gasteiger partial charge in [0.05, 0.1) is 4.90 Å². The van der Waals surface area contributed by atoms with Gasteiger partial charge in [0.1, 0.15) is 0 Å². The molecule has 2 rings (SSSR count). The van der Waals surface area contributed by atoms with Crippen molar-refractivity contribution in [1.82, 2.24) is 10.0 Å². The van der Waals surface area contributed by atoms with Crippen LogP contribution in [0.5, 0.6) is 0 Å². The number of sulfonamides is 1. The molecule has 1 aliphatic carbocycles. The molecule has 1 saturated carbocycles. The lowest BCUT2D eigenvalue weighted by Crippen LogP contribution is -2.52. The van der Waals surface area contributed by atoms with Crippen LogP contribution in [0.15, 0.2) is 17.0 Å². The maximum absolute atomic E-state index is 12.7. The van der Waals surface area contributed by atoms with Crippen LogP contribution < -0.4 is 10.0 Å². The first-order chi connectivity index (χ1) is 9.83. The van der Waals surface area contributed by atoms with Gasteiger partial charge in [-0.3, -0.25) is 0 Å². The molecular weight excluding hydrogens is 308 g/mol. The van der Waals surface area contributed by atoms with E-state index in [9.17, 15) is 8.42 Å². The van der Waals surface area contributed by atoms with Crippen LogP contribution in [0.1, 0.15) is 43.7 Å². The number of hydrogen-bond acceptors (Lipinski definition) is 3. The third kappa shape index (κ3) is 3.42. The van der Waals surface area contributed by atoms with Gasteiger partial charge < -0.3 is 5.32 Å². The third-order valence-electron chi connectivity index (χ3n) is 4.43. The second-order valence-electron chi connectivity index (χ2n) is 5.81. The van der Waals surface area contributed by atoms with Crippen LogP contribution >= 0.6 is 11.6 Å². The summed E-state index contributed by atoms with van der Waals surface area (Å²) in [4.78, 5) is 0.292. The molecule has 0 saturated heterocycles. The quantitative estimate of drug-likeness (QED) is 0.843. The first-order valence-electron chi connectivity index (χ1n) is 7.31. The third-order valence-corrected chi connectivity index (χ3v) is 6.35. The van der Waals surface area contributed by atoms with Crippen molar-refractivity contribution in [3.63, 3.8) is 0 Å². The Morgan fingerprint density at radius 3 is 2.48 bits per heavy atom. The lowest BCUT2D eigenvalue weighted by atomic mass is 9.76. The Labute approximate surface area is 132 Å². The van der Waals surface area contributed by atoms with Gasteiger partial charge in [-0.2, -0.15) is 0 Å². The Balaban J connectivity index is 2.40. The normalized spacial score (nSPS) is 17.5.